The predicted molar refractivity (Wildman–Crippen MR) is 51.4 cm³/mol. The molecule has 0 aliphatic heterocycles. The Morgan fingerprint density at radius 1 is 1.50 bits per heavy atom. The molecule has 0 saturated heterocycles. The fraction of sp³-hybridized carbons (Fsp3) is 0.143. The molecule has 0 amide bonds. The first-order valence-electron chi connectivity index (χ1n) is 3.47. The van der Waals surface area contributed by atoms with Crippen molar-refractivity contribution in [2.75, 3.05) is 7.11 Å². The van der Waals surface area contributed by atoms with Crippen LogP contribution in [0.1, 0.15) is 0 Å². The standard InChI is InChI=1S/C7H7BrFNO3S/c1-13-10-14(11,12)7-3-2-5(8)4-6(7)9/h2-4,10H,1H3. The van der Waals surface area contributed by atoms with E-state index in [1.165, 1.54) is 6.07 Å². The van der Waals surface area contributed by atoms with Gasteiger partial charge in [0.2, 0.25) is 0 Å². The number of nitrogens with one attached hydrogen (secondary N) is 1. The van der Waals surface area contributed by atoms with E-state index >= 15 is 0 Å². The zero-order valence-corrected chi connectivity index (χ0v) is 9.52. The molecule has 14 heavy (non-hydrogen) atoms. The number of hydrogen-bond acceptors (Lipinski definition) is 3. The van der Waals surface area contributed by atoms with Crippen LogP contribution in [0.5, 0.6) is 0 Å². The average Bonchev–Trinajstić information content (AvgIpc) is 2.02. The van der Waals surface area contributed by atoms with Crippen LogP contribution >= 0.6 is 15.9 Å². The van der Waals surface area contributed by atoms with Crippen LogP contribution in [0.15, 0.2) is 27.6 Å². The molecule has 1 rings (SSSR count). The Bertz CT molecular complexity index is 435. The van der Waals surface area contributed by atoms with Crippen molar-refractivity contribution in [3.8, 4) is 0 Å². The van der Waals surface area contributed by atoms with Crippen LogP contribution in [0.2, 0.25) is 0 Å². The van der Waals surface area contributed by atoms with Crippen molar-refractivity contribution in [3.63, 3.8) is 0 Å². The first-order valence-corrected chi connectivity index (χ1v) is 5.75. The quantitative estimate of drug-likeness (QED) is 0.854. The molecule has 1 aromatic carbocycles. The van der Waals surface area contributed by atoms with Crippen LogP contribution in [0.3, 0.4) is 0 Å². The zero-order valence-electron chi connectivity index (χ0n) is 7.12. The summed E-state index contributed by atoms with van der Waals surface area (Å²) in [5.41, 5.74) is 0. The zero-order chi connectivity index (χ0) is 10.8. The SMILES string of the molecule is CONS(=O)(=O)c1ccc(Br)cc1F. The lowest BCUT2D eigenvalue weighted by Crippen LogP contribution is -2.23. The van der Waals surface area contributed by atoms with Crippen LogP contribution in [0.25, 0.3) is 0 Å². The molecule has 7 heteroatoms. The van der Waals surface area contributed by atoms with Crippen molar-refractivity contribution in [1.82, 2.24) is 4.89 Å². The molecule has 0 unspecified atom stereocenters. The van der Waals surface area contributed by atoms with Crippen molar-refractivity contribution in [3.05, 3.63) is 28.5 Å². The van der Waals surface area contributed by atoms with Crippen molar-refractivity contribution >= 4 is 26.0 Å². The van der Waals surface area contributed by atoms with Crippen LogP contribution < -0.4 is 4.89 Å². The lowest BCUT2D eigenvalue weighted by atomic mass is 10.3. The Morgan fingerprint density at radius 3 is 2.64 bits per heavy atom. The van der Waals surface area contributed by atoms with E-state index in [1.807, 2.05) is 0 Å². The molecule has 0 aromatic heterocycles. The molecule has 0 aliphatic carbocycles. The molecule has 1 aromatic rings. The van der Waals surface area contributed by atoms with Crippen LogP contribution in [-0.2, 0) is 14.9 Å². The second kappa shape index (κ2) is 4.35. The van der Waals surface area contributed by atoms with Crippen molar-refractivity contribution in [2.45, 2.75) is 4.90 Å². The lowest BCUT2D eigenvalue weighted by molar-refractivity contribution is 0.153. The number of rotatable bonds is 3. The average molecular weight is 284 g/mol. The Morgan fingerprint density at radius 2 is 2.14 bits per heavy atom. The van der Waals surface area contributed by atoms with Gasteiger partial charge in [0.1, 0.15) is 10.7 Å². The molecule has 0 aliphatic rings. The summed E-state index contributed by atoms with van der Waals surface area (Å²) in [7, 11) is -2.79. The van der Waals surface area contributed by atoms with Crippen LogP contribution in [0.4, 0.5) is 4.39 Å². The van der Waals surface area contributed by atoms with E-state index in [0.717, 1.165) is 19.2 Å². The first kappa shape index (κ1) is 11.6. The van der Waals surface area contributed by atoms with Gasteiger partial charge in [-0.15, -0.1) is 0 Å². The second-order valence-corrected chi connectivity index (χ2v) is 4.89. The molecular formula is C7H7BrFNO3S. The van der Waals surface area contributed by atoms with Gasteiger partial charge in [0, 0.05) is 4.47 Å². The summed E-state index contributed by atoms with van der Waals surface area (Å²) >= 11 is 3.02. The highest BCUT2D eigenvalue weighted by atomic mass is 79.9. The van der Waals surface area contributed by atoms with E-state index in [0.29, 0.717) is 4.47 Å². The number of halogens is 2. The Balaban J connectivity index is 3.20. The van der Waals surface area contributed by atoms with Gasteiger partial charge in [0.15, 0.2) is 0 Å². The van der Waals surface area contributed by atoms with E-state index in [-0.39, 0.29) is 0 Å². The molecular weight excluding hydrogens is 277 g/mol. The van der Waals surface area contributed by atoms with Gasteiger partial charge in [-0.05, 0) is 18.2 Å². The summed E-state index contributed by atoms with van der Waals surface area (Å²) in [6, 6.07) is 3.62. The molecule has 0 radical (unpaired) electrons. The number of benzene rings is 1. The van der Waals surface area contributed by atoms with Gasteiger partial charge in [0.05, 0.1) is 7.11 Å². The van der Waals surface area contributed by atoms with Gasteiger partial charge in [0.25, 0.3) is 10.0 Å². The van der Waals surface area contributed by atoms with Gasteiger partial charge in [-0.25, -0.2) is 12.8 Å². The molecule has 0 fully saturated rings. The second-order valence-electron chi connectivity index (χ2n) is 2.37. The highest BCUT2D eigenvalue weighted by molar-refractivity contribution is 9.10. The van der Waals surface area contributed by atoms with E-state index in [2.05, 4.69) is 20.8 Å². The van der Waals surface area contributed by atoms with Crippen molar-refractivity contribution in [2.24, 2.45) is 0 Å². The van der Waals surface area contributed by atoms with Gasteiger partial charge < -0.3 is 0 Å². The molecule has 0 heterocycles. The monoisotopic (exact) mass is 283 g/mol. The smallest absolute Gasteiger partial charge is 0.265 e. The van der Waals surface area contributed by atoms with Crippen LogP contribution in [0, 0.1) is 5.82 Å². The molecule has 0 bridgehead atoms. The minimum Gasteiger partial charge on any atom is -0.290 e. The summed E-state index contributed by atoms with van der Waals surface area (Å²) in [4.78, 5) is 5.49. The van der Waals surface area contributed by atoms with E-state index in [1.54, 1.807) is 4.89 Å². The van der Waals surface area contributed by atoms with Crippen molar-refractivity contribution < 1.29 is 17.6 Å². The molecule has 1 N–H and O–H groups in total. The summed E-state index contributed by atoms with van der Waals surface area (Å²) in [5, 5.41) is 0. The molecule has 4 nitrogen and oxygen atoms in total. The van der Waals surface area contributed by atoms with E-state index in [4.69, 9.17) is 0 Å². The highest BCUT2D eigenvalue weighted by Gasteiger charge is 2.18. The lowest BCUT2D eigenvalue weighted by Gasteiger charge is -2.05. The maximum Gasteiger partial charge on any atom is 0.265 e. The number of sulfonamides is 1. The van der Waals surface area contributed by atoms with Gasteiger partial charge in [-0.2, -0.15) is 0 Å². The Labute approximate surface area is 89.2 Å². The van der Waals surface area contributed by atoms with Crippen molar-refractivity contribution in [1.29, 1.82) is 0 Å². The largest absolute Gasteiger partial charge is 0.290 e. The molecule has 0 spiro atoms. The summed E-state index contributed by atoms with van der Waals surface area (Å²) in [5.74, 6) is -0.844. The third kappa shape index (κ3) is 2.50. The summed E-state index contributed by atoms with van der Waals surface area (Å²) < 4.78 is 36.2. The fourth-order valence-electron chi connectivity index (χ4n) is 0.848. The third-order valence-electron chi connectivity index (χ3n) is 1.38. The van der Waals surface area contributed by atoms with Gasteiger partial charge >= 0.3 is 0 Å². The van der Waals surface area contributed by atoms with E-state index < -0.39 is 20.7 Å². The van der Waals surface area contributed by atoms with Gasteiger partial charge in [-0.1, -0.05) is 20.8 Å². The van der Waals surface area contributed by atoms with Gasteiger partial charge in [-0.3, -0.25) is 4.84 Å². The summed E-state index contributed by atoms with van der Waals surface area (Å²) in [6.45, 7) is 0. The minimum absolute atomic E-state index is 0.456. The normalized spacial score (nSPS) is 11.6. The Hall–Kier alpha value is -0.500. The maximum absolute atomic E-state index is 13.2. The topological polar surface area (TPSA) is 55.4 Å². The van der Waals surface area contributed by atoms with E-state index in [9.17, 15) is 12.8 Å². The van der Waals surface area contributed by atoms with Crippen LogP contribution in [-0.4, -0.2) is 15.5 Å². The third-order valence-corrected chi connectivity index (χ3v) is 3.17. The molecule has 0 saturated carbocycles. The molecule has 0 atom stereocenters. The predicted octanol–water partition coefficient (Wildman–Crippen LogP) is 1.43. The minimum atomic E-state index is -3.93. The molecule has 78 valence electrons. The first-order chi connectivity index (χ1) is 6.47. The summed E-state index contributed by atoms with van der Waals surface area (Å²) in [6.07, 6.45) is 0. The highest BCUT2D eigenvalue weighted by Crippen LogP contribution is 2.18. The number of hydrogen-bond donors (Lipinski definition) is 1. The Kier molecular flexibility index (Phi) is 3.59. The fourth-order valence-corrected chi connectivity index (χ4v) is 2.05. The maximum atomic E-state index is 13.2.